The number of fused-ring (bicyclic) bond motifs is 3. The highest BCUT2D eigenvalue weighted by molar-refractivity contribution is 6.12. The van der Waals surface area contributed by atoms with Gasteiger partial charge in [0, 0.05) is 44.2 Å². The van der Waals surface area contributed by atoms with Gasteiger partial charge in [-0.2, -0.15) is 0 Å². The van der Waals surface area contributed by atoms with Crippen molar-refractivity contribution in [3.05, 3.63) is 206 Å². The Morgan fingerprint density at radius 2 is 0.590 bits per heavy atom. The lowest BCUT2D eigenvalue weighted by Crippen LogP contribution is -2.00. The summed E-state index contributed by atoms with van der Waals surface area (Å²) in [6, 6.07) is 69.5. The van der Waals surface area contributed by atoms with Crippen LogP contribution in [0, 0.1) is 0 Å². The molecule has 0 atom stereocenters. The highest BCUT2D eigenvalue weighted by atomic mass is 16.3. The van der Waals surface area contributed by atoms with Crippen molar-refractivity contribution in [2.75, 3.05) is 0 Å². The Morgan fingerprint density at radius 1 is 0.246 bits per heavy atom. The standard InChI is InChI=1S/C54H34N6O/c1-5-14-35(15-6-1)37-24-28-41(29-25-37)51-55-49(39-18-9-3-10-19-39)57-53(58-51)43-32-33-46-45(34-43)48-44(22-13-23-47(48)61-46)54-59-50(40-20-11-4-12-21-40)56-52(60-54)42-30-26-38(27-31-42)36-16-7-2-8-17-36/h1-34H. The van der Waals surface area contributed by atoms with E-state index in [0.29, 0.717) is 34.9 Å². The van der Waals surface area contributed by atoms with Gasteiger partial charge < -0.3 is 4.42 Å². The molecule has 0 bridgehead atoms. The first-order valence-corrected chi connectivity index (χ1v) is 20.1. The largest absolute Gasteiger partial charge is 0.456 e. The molecule has 0 unspecified atom stereocenters. The molecule has 0 saturated heterocycles. The van der Waals surface area contributed by atoms with Crippen molar-refractivity contribution in [3.63, 3.8) is 0 Å². The zero-order valence-electron chi connectivity index (χ0n) is 32.7. The van der Waals surface area contributed by atoms with E-state index in [2.05, 4.69) is 78.9 Å². The van der Waals surface area contributed by atoms with E-state index in [-0.39, 0.29) is 0 Å². The number of hydrogen-bond acceptors (Lipinski definition) is 7. The first-order valence-electron chi connectivity index (χ1n) is 20.1. The lowest BCUT2D eigenvalue weighted by atomic mass is 10.0. The molecular formula is C54H34N6O. The van der Waals surface area contributed by atoms with Gasteiger partial charge in [-0.1, -0.05) is 182 Å². The van der Waals surface area contributed by atoms with E-state index in [9.17, 15) is 0 Å². The van der Waals surface area contributed by atoms with Crippen LogP contribution in [-0.4, -0.2) is 29.9 Å². The Morgan fingerprint density at radius 3 is 1.05 bits per heavy atom. The van der Waals surface area contributed by atoms with Gasteiger partial charge in [-0.3, -0.25) is 0 Å². The maximum Gasteiger partial charge on any atom is 0.164 e. The summed E-state index contributed by atoms with van der Waals surface area (Å²) in [6.07, 6.45) is 0. The smallest absolute Gasteiger partial charge is 0.164 e. The molecule has 0 aliphatic carbocycles. The van der Waals surface area contributed by atoms with E-state index in [1.165, 1.54) is 0 Å². The molecule has 0 saturated carbocycles. The quantitative estimate of drug-likeness (QED) is 0.152. The molecule has 0 fully saturated rings. The number of benzene rings is 8. The van der Waals surface area contributed by atoms with Crippen LogP contribution in [0.15, 0.2) is 211 Å². The molecule has 0 amide bonds. The molecule has 0 spiro atoms. The second kappa shape index (κ2) is 15.4. The van der Waals surface area contributed by atoms with E-state index in [1.807, 2.05) is 127 Å². The first-order chi connectivity index (χ1) is 30.2. The van der Waals surface area contributed by atoms with Gasteiger partial charge in [0.05, 0.1) is 0 Å². The molecule has 61 heavy (non-hydrogen) atoms. The van der Waals surface area contributed by atoms with Crippen molar-refractivity contribution in [1.29, 1.82) is 0 Å². The fourth-order valence-corrected chi connectivity index (χ4v) is 7.73. The van der Waals surface area contributed by atoms with Crippen molar-refractivity contribution in [3.8, 4) is 90.6 Å². The molecule has 11 rings (SSSR count). The third-order valence-corrected chi connectivity index (χ3v) is 10.8. The zero-order valence-corrected chi connectivity index (χ0v) is 32.7. The molecule has 0 aliphatic heterocycles. The molecule has 0 aliphatic rings. The predicted molar refractivity (Wildman–Crippen MR) is 244 cm³/mol. The Hall–Kier alpha value is -8.42. The van der Waals surface area contributed by atoms with Gasteiger partial charge in [0.25, 0.3) is 0 Å². The van der Waals surface area contributed by atoms with E-state index in [1.54, 1.807) is 0 Å². The van der Waals surface area contributed by atoms with Gasteiger partial charge in [0.15, 0.2) is 34.9 Å². The Bertz CT molecular complexity index is 3320. The molecule has 7 nitrogen and oxygen atoms in total. The van der Waals surface area contributed by atoms with Gasteiger partial charge in [-0.05, 0) is 46.5 Å². The summed E-state index contributed by atoms with van der Waals surface area (Å²) in [4.78, 5) is 30.4. The summed E-state index contributed by atoms with van der Waals surface area (Å²) in [5.41, 5.74) is 11.2. The fourth-order valence-electron chi connectivity index (χ4n) is 7.73. The third-order valence-electron chi connectivity index (χ3n) is 10.8. The maximum atomic E-state index is 6.50. The van der Waals surface area contributed by atoms with Crippen LogP contribution in [0.4, 0.5) is 0 Å². The van der Waals surface area contributed by atoms with Crippen LogP contribution >= 0.6 is 0 Å². The monoisotopic (exact) mass is 782 g/mol. The van der Waals surface area contributed by atoms with Crippen LogP contribution in [0.5, 0.6) is 0 Å². The molecule has 0 radical (unpaired) electrons. The molecule has 286 valence electrons. The van der Waals surface area contributed by atoms with Gasteiger partial charge in [0.1, 0.15) is 11.2 Å². The van der Waals surface area contributed by atoms with E-state index in [4.69, 9.17) is 34.3 Å². The average molecular weight is 783 g/mol. The molecule has 8 aromatic carbocycles. The summed E-state index contributed by atoms with van der Waals surface area (Å²) in [7, 11) is 0. The van der Waals surface area contributed by atoms with Crippen LogP contribution in [0.3, 0.4) is 0 Å². The van der Waals surface area contributed by atoms with Crippen LogP contribution in [0.2, 0.25) is 0 Å². The SMILES string of the molecule is c1ccc(-c2ccc(-c3nc(-c4ccccc4)nc(-c4ccc5oc6cccc(-c7nc(-c8ccccc8)nc(-c8ccc(-c9ccccc9)cc8)n7)c6c5c4)n3)cc2)cc1. The van der Waals surface area contributed by atoms with Gasteiger partial charge in [-0.25, -0.2) is 29.9 Å². The summed E-state index contributed by atoms with van der Waals surface area (Å²) in [5.74, 6) is 3.44. The normalized spacial score (nSPS) is 11.3. The highest BCUT2D eigenvalue weighted by Gasteiger charge is 2.20. The van der Waals surface area contributed by atoms with Crippen LogP contribution in [-0.2, 0) is 0 Å². The van der Waals surface area contributed by atoms with E-state index < -0.39 is 0 Å². The van der Waals surface area contributed by atoms with Gasteiger partial charge >= 0.3 is 0 Å². The van der Waals surface area contributed by atoms with Crippen LogP contribution < -0.4 is 0 Å². The van der Waals surface area contributed by atoms with Crippen molar-refractivity contribution in [2.45, 2.75) is 0 Å². The fraction of sp³-hybridized carbons (Fsp3) is 0. The summed E-state index contributed by atoms with van der Waals surface area (Å²) in [5, 5.41) is 1.79. The minimum absolute atomic E-state index is 0.544. The number of furan rings is 1. The second-order valence-corrected chi connectivity index (χ2v) is 14.7. The lowest BCUT2D eigenvalue weighted by Gasteiger charge is -2.10. The number of rotatable bonds is 8. The molecule has 7 heteroatoms. The van der Waals surface area contributed by atoms with Gasteiger partial charge in [0.2, 0.25) is 0 Å². The molecule has 3 aromatic heterocycles. The predicted octanol–water partition coefficient (Wildman–Crippen LogP) is 13.3. The van der Waals surface area contributed by atoms with Crippen molar-refractivity contribution >= 4 is 21.9 Å². The van der Waals surface area contributed by atoms with E-state index in [0.717, 1.165) is 77.6 Å². The first kappa shape index (κ1) is 35.7. The second-order valence-electron chi connectivity index (χ2n) is 14.7. The van der Waals surface area contributed by atoms with E-state index >= 15 is 0 Å². The molecule has 0 N–H and O–H groups in total. The van der Waals surface area contributed by atoms with Crippen LogP contribution in [0.25, 0.3) is 113 Å². The molecule has 3 heterocycles. The lowest BCUT2D eigenvalue weighted by molar-refractivity contribution is 0.669. The zero-order chi connectivity index (χ0) is 40.5. The van der Waals surface area contributed by atoms with Crippen molar-refractivity contribution in [1.82, 2.24) is 29.9 Å². The average Bonchev–Trinajstić information content (AvgIpc) is 3.73. The number of nitrogens with zero attached hydrogens (tertiary/aromatic N) is 6. The maximum absolute atomic E-state index is 6.50. The highest BCUT2D eigenvalue weighted by Crippen LogP contribution is 2.39. The minimum atomic E-state index is 0.544. The number of aromatic nitrogens is 6. The van der Waals surface area contributed by atoms with Crippen molar-refractivity contribution < 1.29 is 4.42 Å². The van der Waals surface area contributed by atoms with Gasteiger partial charge in [-0.15, -0.1) is 0 Å². The summed E-state index contributed by atoms with van der Waals surface area (Å²) in [6.45, 7) is 0. The molecular weight excluding hydrogens is 749 g/mol. The summed E-state index contributed by atoms with van der Waals surface area (Å²) < 4.78 is 6.50. The molecule has 11 aromatic rings. The third kappa shape index (κ3) is 7.00. The minimum Gasteiger partial charge on any atom is -0.456 e. The van der Waals surface area contributed by atoms with Crippen molar-refractivity contribution in [2.24, 2.45) is 0 Å². The Balaban J connectivity index is 1.05. The van der Waals surface area contributed by atoms with Crippen LogP contribution in [0.1, 0.15) is 0 Å². The Labute approximate surface area is 351 Å². The number of hydrogen-bond donors (Lipinski definition) is 0. The summed E-state index contributed by atoms with van der Waals surface area (Å²) >= 11 is 0. The topological polar surface area (TPSA) is 90.5 Å². The Kier molecular flexibility index (Phi) is 9.02.